The summed E-state index contributed by atoms with van der Waals surface area (Å²) in [5.41, 5.74) is 2.14. The first-order chi connectivity index (χ1) is 12.3. The van der Waals surface area contributed by atoms with Crippen LogP contribution in [0, 0.1) is 0 Å². The van der Waals surface area contributed by atoms with Gasteiger partial charge in [-0.25, -0.2) is 4.98 Å². The van der Waals surface area contributed by atoms with Crippen molar-refractivity contribution in [3.8, 4) is 0 Å². The van der Waals surface area contributed by atoms with Crippen molar-refractivity contribution in [2.45, 2.75) is 16.1 Å². The molecule has 0 unspecified atom stereocenters. The molecule has 1 aromatic heterocycles. The lowest BCUT2D eigenvalue weighted by atomic mass is 10.1. The van der Waals surface area contributed by atoms with Crippen LogP contribution in [0.1, 0.15) is 11.6 Å². The molecule has 0 aliphatic carbocycles. The average molecular weight is 368 g/mol. The molecular formula is C18H16N4OS2. The van der Waals surface area contributed by atoms with Crippen LogP contribution >= 0.6 is 23.5 Å². The van der Waals surface area contributed by atoms with Crippen molar-refractivity contribution in [2.24, 2.45) is 0 Å². The van der Waals surface area contributed by atoms with Crippen LogP contribution in [0.5, 0.6) is 0 Å². The third kappa shape index (κ3) is 3.43. The topological polar surface area (TPSA) is 61.9 Å². The number of amides is 1. The van der Waals surface area contributed by atoms with E-state index in [1.807, 2.05) is 41.3 Å². The van der Waals surface area contributed by atoms with E-state index in [4.69, 9.17) is 0 Å². The standard InChI is InChI=1S/C18H16N4OS2/c23-17(11-25-18-19-12-20-21-18)22-14-8-4-5-9-16(14)24-10-15(22)13-6-2-1-3-7-13/h1-9,12,15H,10-11H2,(H,19,20,21)/t15-/m0/s1. The molecule has 0 fully saturated rings. The molecule has 0 spiro atoms. The SMILES string of the molecule is O=C(CSc1ncn[nH]1)N1c2ccccc2SC[C@H]1c1ccccc1. The number of hydrogen-bond donors (Lipinski definition) is 1. The van der Waals surface area contributed by atoms with Crippen LogP contribution in [0.15, 0.2) is 71.0 Å². The number of anilines is 1. The molecule has 1 aliphatic heterocycles. The lowest BCUT2D eigenvalue weighted by Crippen LogP contribution is -2.39. The van der Waals surface area contributed by atoms with Gasteiger partial charge in [-0.2, -0.15) is 5.10 Å². The molecule has 4 rings (SSSR count). The predicted molar refractivity (Wildman–Crippen MR) is 101 cm³/mol. The van der Waals surface area contributed by atoms with Gasteiger partial charge >= 0.3 is 0 Å². The molecule has 25 heavy (non-hydrogen) atoms. The molecule has 7 heteroatoms. The van der Waals surface area contributed by atoms with E-state index in [9.17, 15) is 4.79 Å². The summed E-state index contributed by atoms with van der Waals surface area (Å²) in [6.07, 6.45) is 1.45. The number of benzene rings is 2. The quantitative estimate of drug-likeness (QED) is 0.710. The van der Waals surface area contributed by atoms with Crippen molar-refractivity contribution in [3.05, 3.63) is 66.5 Å². The molecule has 3 aromatic rings. The zero-order chi connectivity index (χ0) is 17.1. The Labute approximate surface area is 154 Å². The Balaban J connectivity index is 1.64. The Kier molecular flexibility index (Phi) is 4.76. The summed E-state index contributed by atoms with van der Waals surface area (Å²) < 4.78 is 0. The second-order valence-corrected chi connectivity index (χ2v) is 7.57. The fourth-order valence-electron chi connectivity index (χ4n) is 2.88. The second kappa shape index (κ2) is 7.33. The first-order valence-corrected chi connectivity index (χ1v) is 9.87. The van der Waals surface area contributed by atoms with E-state index < -0.39 is 0 Å². The Morgan fingerprint density at radius 1 is 1.20 bits per heavy atom. The van der Waals surface area contributed by atoms with Crippen LogP contribution in [-0.4, -0.2) is 32.6 Å². The van der Waals surface area contributed by atoms with Gasteiger partial charge in [-0.3, -0.25) is 9.89 Å². The number of fused-ring (bicyclic) bond motifs is 1. The normalized spacial score (nSPS) is 16.5. The highest BCUT2D eigenvalue weighted by Crippen LogP contribution is 2.43. The summed E-state index contributed by atoms with van der Waals surface area (Å²) in [6.45, 7) is 0. The van der Waals surface area contributed by atoms with Gasteiger partial charge in [-0.05, 0) is 17.7 Å². The Morgan fingerprint density at radius 3 is 2.80 bits per heavy atom. The Hall–Kier alpha value is -2.25. The fraction of sp³-hybridized carbons (Fsp3) is 0.167. The summed E-state index contributed by atoms with van der Waals surface area (Å²) in [6, 6.07) is 18.3. The van der Waals surface area contributed by atoms with E-state index in [1.165, 1.54) is 18.1 Å². The lowest BCUT2D eigenvalue weighted by molar-refractivity contribution is -0.116. The molecule has 0 saturated carbocycles. The van der Waals surface area contributed by atoms with Gasteiger partial charge in [0, 0.05) is 10.6 Å². The summed E-state index contributed by atoms with van der Waals surface area (Å²) in [5, 5.41) is 7.27. The van der Waals surface area contributed by atoms with Crippen molar-refractivity contribution >= 4 is 35.1 Å². The Morgan fingerprint density at radius 2 is 2.00 bits per heavy atom. The number of para-hydroxylation sites is 1. The minimum absolute atomic E-state index is 0.0314. The third-order valence-corrected chi connectivity index (χ3v) is 6.01. The van der Waals surface area contributed by atoms with E-state index in [1.54, 1.807) is 11.8 Å². The summed E-state index contributed by atoms with van der Waals surface area (Å²) in [5.74, 6) is 1.24. The summed E-state index contributed by atoms with van der Waals surface area (Å²) >= 11 is 3.17. The molecule has 2 heterocycles. The maximum absolute atomic E-state index is 13.1. The lowest BCUT2D eigenvalue weighted by Gasteiger charge is -2.37. The van der Waals surface area contributed by atoms with E-state index in [0.717, 1.165) is 21.9 Å². The van der Waals surface area contributed by atoms with E-state index in [2.05, 4.69) is 33.4 Å². The van der Waals surface area contributed by atoms with E-state index >= 15 is 0 Å². The summed E-state index contributed by atoms with van der Waals surface area (Å²) in [4.78, 5) is 20.2. The smallest absolute Gasteiger partial charge is 0.238 e. The highest BCUT2D eigenvalue weighted by atomic mass is 32.2. The number of carbonyl (C=O) groups excluding carboxylic acids is 1. The second-order valence-electron chi connectivity index (χ2n) is 5.55. The van der Waals surface area contributed by atoms with Crippen molar-refractivity contribution in [1.82, 2.24) is 15.2 Å². The maximum atomic E-state index is 13.1. The highest BCUT2D eigenvalue weighted by molar-refractivity contribution is 8.00. The van der Waals surface area contributed by atoms with Crippen LogP contribution in [-0.2, 0) is 4.79 Å². The van der Waals surface area contributed by atoms with Crippen LogP contribution in [0.25, 0.3) is 0 Å². The molecule has 1 aliphatic rings. The number of aromatic nitrogens is 3. The summed E-state index contributed by atoms with van der Waals surface area (Å²) in [7, 11) is 0. The van der Waals surface area contributed by atoms with Crippen LogP contribution < -0.4 is 4.90 Å². The number of H-pyrrole nitrogens is 1. The van der Waals surface area contributed by atoms with E-state index in [-0.39, 0.29) is 11.9 Å². The average Bonchev–Trinajstić information content (AvgIpc) is 3.19. The number of thioether (sulfide) groups is 2. The first-order valence-electron chi connectivity index (χ1n) is 7.90. The Bertz CT molecular complexity index is 855. The zero-order valence-corrected chi connectivity index (χ0v) is 15.0. The van der Waals surface area contributed by atoms with Gasteiger partial charge in [0.2, 0.25) is 5.91 Å². The molecule has 0 saturated heterocycles. The predicted octanol–water partition coefficient (Wildman–Crippen LogP) is 3.78. The van der Waals surface area contributed by atoms with Gasteiger partial charge in [-0.15, -0.1) is 11.8 Å². The number of nitrogens with one attached hydrogen (secondary N) is 1. The van der Waals surface area contributed by atoms with Gasteiger partial charge in [0.05, 0.1) is 17.5 Å². The fourth-order valence-corrected chi connectivity index (χ4v) is 4.69. The maximum Gasteiger partial charge on any atom is 0.238 e. The monoisotopic (exact) mass is 368 g/mol. The largest absolute Gasteiger partial charge is 0.302 e. The molecule has 1 amide bonds. The van der Waals surface area contributed by atoms with Gasteiger partial charge in [0.25, 0.3) is 0 Å². The van der Waals surface area contributed by atoms with Crippen LogP contribution in [0.4, 0.5) is 5.69 Å². The van der Waals surface area contributed by atoms with Gasteiger partial charge in [0.1, 0.15) is 6.33 Å². The van der Waals surface area contributed by atoms with E-state index in [0.29, 0.717) is 10.9 Å². The molecule has 5 nitrogen and oxygen atoms in total. The van der Waals surface area contributed by atoms with Crippen molar-refractivity contribution in [1.29, 1.82) is 0 Å². The highest BCUT2D eigenvalue weighted by Gasteiger charge is 2.32. The van der Waals surface area contributed by atoms with Gasteiger partial charge in [-0.1, -0.05) is 54.2 Å². The van der Waals surface area contributed by atoms with Crippen LogP contribution in [0.2, 0.25) is 0 Å². The van der Waals surface area contributed by atoms with Crippen molar-refractivity contribution in [2.75, 3.05) is 16.4 Å². The van der Waals surface area contributed by atoms with Gasteiger partial charge < -0.3 is 4.90 Å². The molecule has 1 atom stereocenters. The third-order valence-electron chi connectivity index (χ3n) is 4.01. The minimum Gasteiger partial charge on any atom is -0.302 e. The molecule has 0 bridgehead atoms. The zero-order valence-electron chi connectivity index (χ0n) is 13.3. The molecular weight excluding hydrogens is 352 g/mol. The van der Waals surface area contributed by atoms with Crippen LogP contribution in [0.3, 0.4) is 0 Å². The molecule has 0 radical (unpaired) electrons. The molecule has 1 N–H and O–H groups in total. The number of carbonyl (C=O) groups is 1. The number of aromatic amines is 1. The number of rotatable bonds is 4. The van der Waals surface area contributed by atoms with Gasteiger partial charge in [0.15, 0.2) is 5.16 Å². The molecule has 126 valence electrons. The number of nitrogens with zero attached hydrogens (tertiary/aromatic N) is 3. The number of hydrogen-bond acceptors (Lipinski definition) is 5. The minimum atomic E-state index is 0.0314. The van der Waals surface area contributed by atoms with Crippen molar-refractivity contribution < 1.29 is 4.79 Å². The first kappa shape index (κ1) is 16.2. The van der Waals surface area contributed by atoms with Crippen molar-refractivity contribution in [3.63, 3.8) is 0 Å². The molecule has 2 aromatic carbocycles.